The third-order valence-electron chi connectivity index (χ3n) is 4.41. The van der Waals surface area contributed by atoms with E-state index in [2.05, 4.69) is 11.4 Å². The number of esters is 2. The molecule has 0 aliphatic heterocycles. The molecule has 3 unspecified atom stereocenters. The Morgan fingerprint density at radius 1 is 0.875 bits per heavy atom. The maximum atomic E-state index is 12.1. The summed E-state index contributed by atoms with van der Waals surface area (Å²) in [6.07, 6.45) is 7.65. The van der Waals surface area contributed by atoms with E-state index >= 15 is 0 Å². The summed E-state index contributed by atoms with van der Waals surface area (Å²) in [5.41, 5.74) is 5.20. The van der Waals surface area contributed by atoms with E-state index < -0.39 is 51.1 Å². The minimum absolute atomic E-state index is 0.106. The van der Waals surface area contributed by atoms with E-state index in [4.69, 9.17) is 24.8 Å². The zero-order valence-corrected chi connectivity index (χ0v) is 19.9. The minimum Gasteiger partial charge on any atom is -0.480 e. The number of carboxylic acid groups (broad SMARTS) is 1. The zero-order chi connectivity index (χ0) is 24.4. The first-order valence-electron chi connectivity index (χ1n) is 11.1. The van der Waals surface area contributed by atoms with Crippen molar-refractivity contribution < 1.29 is 47.5 Å². The molecule has 3 atom stereocenters. The number of phosphoric acid groups is 1. The fraction of sp³-hybridized carbons (Fsp3) is 0.850. The van der Waals surface area contributed by atoms with E-state index in [-0.39, 0.29) is 19.4 Å². The molecule has 0 aromatic carbocycles. The van der Waals surface area contributed by atoms with Crippen molar-refractivity contribution >= 4 is 25.7 Å². The third-order valence-corrected chi connectivity index (χ3v) is 5.36. The highest BCUT2D eigenvalue weighted by molar-refractivity contribution is 7.47. The Morgan fingerprint density at radius 2 is 1.44 bits per heavy atom. The summed E-state index contributed by atoms with van der Waals surface area (Å²) in [6, 6.07) is -1.51. The second kappa shape index (κ2) is 18.0. The van der Waals surface area contributed by atoms with Crippen LogP contribution in [-0.4, -0.2) is 59.9 Å². The summed E-state index contributed by atoms with van der Waals surface area (Å²) in [7, 11) is -4.65. The van der Waals surface area contributed by atoms with Gasteiger partial charge in [-0.1, -0.05) is 58.8 Å². The molecule has 12 heteroatoms. The van der Waals surface area contributed by atoms with Crippen molar-refractivity contribution in [3.63, 3.8) is 0 Å². The van der Waals surface area contributed by atoms with Crippen LogP contribution in [0.3, 0.4) is 0 Å². The number of nitrogens with two attached hydrogens (primary N) is 1. The van der Waals surface area contributed by atoms with E-state index in [1.165, 1.54) is 25.7 Å². The summed E-state index contributed by atoms with van der Waals surface area (Å²) >= 11 is 0. The number of phosphoric ester groups is 1. The number of ether oxygens (including phenoxy) is 2. The van der Waals surface area contributed by atoms with Gasteiger partial charge < -0.3 is 25.2 Å². The first-order valence-corrected chi connectivity index (χ1v) is 12.6. The quantitative estimate of drug-likeness (QED) is 0.132. The van der Waals surface area contributed by atoms with Gasteiger partial charge in [0.05, 0.1) is 13.2 Å². The van der Waals surface area contributed by atoms with Gasteiger partial charge >= 0.3 is 25.7 Å². The molecule has 0 spiro atoms. The SMILES string of the molecule is CCCCCCCCCCC(=O)OC(COC(=O)CC)COP(=O)(O)OCC(N)C(=O)O. The van der Waals surface area contributed by atoms with Crippen LogP contribution in [0.1, 0.15) is 78.1 Å². The van der Waals surface area contributed by atoms with Crippen LogP contribution in [0.25, 0.3) is 0 Å². The van der Waals surface area contributed by atoms with Crippen molar-refractivity contribution in [1.29, 1.82) is 0 Å². The number of unbranched alkanes of at least 4 members (excludes halogenated alkanes) is 7. The normalized spacial score (nSPS) is 14.9. The first kappa shape index (κ1) is 30.5. The molecule has 11 nitrogen and oxygen atoms in total. The molecule has 0 aromatic rings. The van der Waals surface area contributed by atoms with Gasteiger partial charge in [0.1, 0.15) is 12.6 Å². The van der Waals surface area contributed by atoms with Gasteiger partial charge in [0, 0.05) is 12.8 Å². The van der Waals surface area contributed by atoms with Gasteiger partial charge in [-0.25, -0.2) is 4.57 Å². The molecule has 0 aliphatic rings. The highest BCUT2D eigenvalue weighted by atomic mass is 31.2. The third kappa shape index (κ3) is 17.1. The van der Waals surface area contributed by atoms with Crippen LogP contribution in [0.5, 0.6) is 0 Å². The molecule has 0 saturated carbocycles. The Bertz CT molecular complexity index is 601. The molecular formula is C20H38NO10P. The fourth-order valence-corrected chi connectivity index (χ4v) is 3.29. The van der Waals surface area contributed by atoms with Gasteiger partial charge in [-0.2, -0.15) is 0 Å². The summed E-state index contributed by atoms with van der Waals surface area (Å²) in [5, 5.41) is 8.67. The largest absolute Gasteiger partial charge is 0.480 e. The molecule has 32 heavy (non-hydrogen) atoms. The van der Waals surface area contributed by atoms with Gasteiger partial charge in [0.25, 0.3) is 0 Å². The lowest BCUT2D eigenvalue weighted by atomic mass is 10.1. The smallest absolute Gasteiger partial charge is 0.472 e. The summed E-state index contributed by atoms with van der Waals surface area (Å²) < 4.78 is 31.3. The Labute approximate surface area is 189 Å². The van der Waals surface area contributed by atoms with Gasteiger partial charge in [-0.05, 0) is 6.42 Å². The highest BCUT2D eigenvalue weighted by Gasteiger charge is 2.27. The average Bonchev–Trinajstić information content (AvgIpc) is 2.75. The predicted molar refractivity (Wildman–Crippen MR) is 116 cm³/mol. The van der Waals surface area contributed by atoms with Gasteiger partial charge in [0.15, 0.2) is 6.10 Å². The van der Waals surface area contributed by atoms with Crippen LogP contribution in [0.2, 0.25) is 0 Å². The van der Waals surface area contributed by atoms with Crippen molar-refractivity contribution in [3.8, 4) is 0 Å². The number of hydrogen-bond acceptors (Lipinski definition) is 9. The number of carbonyl (C=O) groups excluding carboxylic acids is 2. The Morgan fingerprint density at radius 3 is 2.00 bits per heavy atom. The van der Waals surface area contributed by atoms with Crippen LogP contribution < -0.4 is 5.73 Å². The monoisotopic (exact) mass is 483 g/mol. The number of aliphatic carboxylic acids is 1. The topological polar surface area (TPSA) is 172 Å². The minimum atomic E-state index is -4.65. The van der Waals surface area contributed by atoms with Gasteiger partial charge in [0.2, 0.25) is 0 Å². The van der Waals surface area contributed by atoms with Crippen molar-refractivity contribution in [2.45, 2.75) is 90.2 Å². The van der Waals surface area contributed by atoms with E-state index in [0.29, 0.717) is 6.42 Å². The van der Waals surface area contributed by atoms with Crippen LogP contribution in [0.15, 0.2) is 0 Å². The Balaban J connectivity index is 4.45. The van der Waals surface area contributed by atoms with Crippen molar-refractivity contribution in [2.75, 3.05) is 19.8 Å². The summed E-state index contributed by atoms with van der Waals surface area (Å²) in [6.45, 7) is 2.05. The maximum absolute atomic E-state index is 12.1. The molecule has 0 amide bonds. The molecule has 0 heterocycles. The van der Waals surface area contributed by atoms with E-state index in [1.54, 1.807) is 6.92 Å². The Hall–Kier alpha value is -1.52. The molecule has 0 aromatic heterocycles. The standard InChI is InChI=1S/C20H38NO10P/c1-3-5-6-7-8-9-10-11-12-19(23)31-16(13-28-18(22)4-2)14-29-32(26,27)30-15-17(21)20(24)25/h16-17H,3-15,21H2,1-2H3,(H,24,25)(H,26,27). The Kier molecular flexibility index (Phi) is 17.1. The molecular weight excluding hydrogens is 445 g/mol. The lowest BCUT2D eigenvalue weighted by molar-refractivity contribution is -0.161. The lowest BCUT2D eigenvalue weighted by Gasteiger charge is -2.20. The fourth-order valence-electron chi connectivity index (χ4n) is 2.51. The molecule has 0 aliphatic carbocycles. The van der Waals surface area contributed by atoms with Crippen LogP contribution in [0.4, 0.5) is 0 Å². The molecule has 0 rings (SSSR count). The van der Waals surface area contributed by atoms with Crippen molar-refractivity contribution in [1.82, 2.24) is 0 Å². The molecule has 0 bridgehead atoms. The predicted octanol–water partition coefficient (Wildman–Crippen LogP) is 2.93. The molecule has 0 saturated heterocycles. The second-order valence-corrected chi connectivity index (χ2v) is 8.83. The number of hydrogen-bond donors (Lipinski definition) is 3. The van der Waals surface area contributed by atoms with E-state index in [0.717, 1.165) is 19.3 Å². The van der Waals surface area contributed by atoms with E-state index in [1.807, 2.05) is 0 Å². The highest BCUT2D eigenvalue weighted by Crippen LogP contribution is 2.43. The molecule has 0 radical (unpaired) electrons. The first-order chi connectivity index (χ1) is 15.1. The zero-order valence-electron chi connectivity index (χ0n) is 19.0. The van der Waals surface area contributed by atoms with Crippen LogP contribution in [0, 0.1) is 0 Å². The molecule has 0 fully saturated rings. The molecule has 4 N–H and O–H groups in total. The van der Waals surface area contributed by atoms with Crippen molar-refractivity contribution in [3.05, 3.63) is 0 Å². The van der Waals surface area contributed by atoms with Gasteiger partial charge in [-0.3, -0.25) is 23.4 Å². The maximum Gasteiger partial charge on any atom is 0.472 e. The van der Waals surface area contributed by atoms with Crippen LogP contribution >= 0.6 is 7.82 Å². The lowest BCUT2D eigenvalue weighted by Crippen LogP contribution is -2.34. The number of carbonyl (C=O) groups is 3. The van der Waals surface area contributed by atoms with E-state index in [9.17, 15) is 23.8 Å². The average molecular weight is 483 g/mol. The number of carboxylic acids is 1. The van der Waals surface area contributed by atoms with Crippen molar-refractivity contribution in [2.24, 2.45) is 5.73 Å². The van der Waals surface area contributed by atoms with Gasteiger partial charge in [-0.15, -0.1) is 0 Å². The second-order valence-electron chi connectivity index (χ2n) is 7.38. The molecule has 188 valence electrons. The summed E-state index contributed by atoms with van der Waals surface area (Å²) in [5.74, 6) is -2.49. The van der Waals surface area contributed by atoms with Crippen LogP contribution in [-0.2, 0) is 37.5 Å². The summed E-state index contributed by atoms with van der Waals surface area (Å²) in [4.78, 5) is 43.8. The number of rotatable bonds is 20.